The first-order valence-electron chi connectivity index (χ1n) is 16.2. The Bertz CT molecular complexity index is 922. The third kappa shape index (κ3) is 17.2. The van der Waals surface area contributed by atoms with Crippen LogP contribution in [0.5, 0.6) is 0 Å². The SMILES string of the molecule is CC[C@@H](OCCOCCOCCOCCOCCOCCOCCOCCON1C(=O)c2ccccc2C1=O)C(C)OC(C)(C)C. The Hall–Kier alpha value is -2.04. The van der Waals surface area contributed by atoms with Crippen molar-refractivity contribution in [1.29, 1.82) is 0 Å². The van der Waals surface area contributed by atoms with Crippen molar-refractivity contribution >= 4 is 11.8 Å². The Morgan fingerprint density at radius 2 is 0.935 bits per heavy atom. The van der Waals surface area contributed by atoms with E-state index in [0.29, 0.717) is 104 Å². The van der Waals surface area contributed by atoms with E-state index in [1.807, 2.05) is 27.7 Å². The number of fused-ring (bicyclic) bond motifs is 1. The molecule has 46 heavy (non-hydrogen) atoms. The first kappa shape index (κ1) is 40.1. The highest BCUT2D eigenvalue weighted by molar-refractivity contribution is 6.20. The molecule has 0 aromatic heterocycles. The monoisotopic (exact) mass is 657 g/mol. The molecule has 1 heterocycles. The van der Waals surface area contributed by atoms with Crippen LogP contribution in [0.1, 0.15) is 61.8 Å². The summed E-state index contributed by atoms with van der Waals surface area (Å²) in [5.74, 6) is -0.920. The van der Waals surface area contributed by atoms with Crippen molar-refractivity contribution in [3.8, 4) is 0 Å². The highest BCUT2D eigenvalue weighted by atomic mass is 16.7. The van der Waals surface area contributed by atoms with E-state index >= 15 is 0 Å². The predicted molar refractivity (Wildman–Crippen MR) is 169 cm³/mol. The van der Waals surface area contributed by atoms with Gasteiger partial charge in [-0.1, -0.05) is 19.1 Å². The van der Waals surface area contributed by atoms with Gasteiger partial charge >= 0.3 is 0 Å². The van der Waals surface area contributed by atoms with Crippen LogP contribution in [-0.2, 0) is 47.5 Å². The fourth-order valence-electron chi connectivity index (χ4n) is 4.37. The van der Waals surface area contributed by atoms with Gasteiger partial charge < -0.3 is 42.6 Å². The summed E-state index contributed by atoms with van der Waals surface area (Å²) in [6.07, 6.45) is 0.970. The van der Waals surface area contributed by atoms with Crippen LogP contribution in [0.15, 0.2) is 24.3 Å². The van der Waals surface area contributed by atoms with Crippen LogP contribution in [0.25, 0.3) is 0 Å². The molecule has 0 fully saturated rings. The minimum absolute atomic E-state index is 0.0295. The Labute approximate surface area is 273 Å². The number of carbonyl (C=O) groups excluding carboxylic acids is 2. The molecule has 264 valence electrons. The minimum Gasteiger partial charge on any atom is -0.377 e. The number of imide groups is 1. The molecule has 0 bridgehead atoms. The van der Waals surface area contributed by atoms with Gasteiger partial charge in [0.15, 0.2) is 0 Å². The van der Waals surface area contributed by atoms with Crippen LogP contribution in [-0.4, -0.2) is 140 Å². The number of nitrogens with zero attached hydrogens (tertiary/aromatic N) is 1. The quantitative estimate of drug-likeness (QED) is 0.0926. The van der Waals surface area contributed by atoms with Crippen molar-refractivity contribution in [1.82, 2.24) is 5.06 Å². The summed E-state index contributed by atoms with van der Waals surface area (Å²) in [5, 5.41) is 0.778. The summed E-state index contributed by atoms with van der Waals surface area (Å²) < 4.78 is 50.3. The van der Waals surface area contributed by atoms with Crippen LogP contribution in [0.3, 0.4) is 0 Å². The lowest BCUT2D eigenvalue weighted by Crippen LogP contribution is -2.36. The molecule has 2 amide bonds. The van der Waals surface area contributed by atoms with Crippen LogP contribution >= 0.6 is 0 Å². The van der Waals surface area contributed by atoms with Gasteiger partial charge in [0.1, 0.15) is 0 Å². The van der Waals surface area contributed by atoms with Gasteiger partial charge in [0.25, 0.3) is 11.8 Å². The molecule has 1 aromatic carbocycles. The third-order valence-electron chi connectivity index (χ3n) is 6.46. The van der Waals surface area contributed by atoms with E-state index in [2.05, 4.69) is 6.92 Å². The molecule has 1 aliphatic heterocycles. The van der Waals surface area contributed by atoms with Gasteiger partial charge in [-0.05, 0) is 46.2 Å². The molecule has 0 aliphatic carbocycles. The largest absolute Gasteiger partial charge is 0.377 e. The van der Waals surface area contributed by atoms with Crippen molar-refractivity contribution in [2.75, 3.05) is 106 Å². The molecular formula is C33H55NO12. The molecule has 1 unspecified atom stereocenters. The second kappa shape index (κ2) is 24.2. The van der Waals surface area contributed by atoms with Gasteiger partial charge in [-0.25, -0.2) is 0 Å². The van der Waals surface area contributed by atoms with E-state index in [9.17, 15) is 9.59 Å². The van der Waals surface area contributed by atoms with Gasteiger partial charge in [-0.2, -0.15) is 0 Å². The molecule has 1 aliphatic rings. The van der Waals surface area contributed by atoms with Crippen LogP contribution < -0.4 is 0 Å². The Balaban J connectivity index is 1.24. The molecule has 1 aromatic rings. The van der Waals surface area contributed by atoms with Gasteiger partial charge in [-0.15, -0.1) is 5.06 Å². The van der Waals surface area contributed by atoms with Gasteiger partial charge in [0.05, 0.1) is 135 Å². The average molecular weight is 658 g/mol. The second-order valence-electron chi connectivity index (χ2n) is 11.3. The Morgan fingerprint density at radius 3 is 1.28 bits per heavy atom. The Kier molecular flexibility index (Phi) is 21.1. The second-order valence-corrected chi connectivity index (χ2v) is 11.3. The first-order chi connectivity index (χ1) is 22.2. The number of hydroxylamine groups is 2. The normalized spacial score (nSPS) is 14.7. The fourth-order valence-corrected chi connectivity index (χ4v) is 4.37. The van der Waals surface area contributed by atoms with E-state index in [1.54, 1.807) is 24.3 Å². The molecule has 13 heteroatoms. The van der Waals surface area contributed by atoms with Gasteiger partial charge in [0.2, 0.25) is 0 Å². The number of rotatable bonds is 29. The molecular weight excluding hydrogens is 602 g/mol. The van der Waals surface area contributed by atoms with Crippen LogP contribution in [0, 0.1) is 0 Å². The van der Waals surface area contributed by atoms with E-state index in [-0.39, 0.29) is 31.0 Å². The van der Waals surface area contributed by atoms with E-state index in [1.165, 1.54) is 0 Å². The lowest BCUT2D eigenvalue weighted by atomic mass is 10.1. The lowest BCUT2D eigenvalue weighted by molar-refractivity contribution is -0.127. The van der Waals surface area contributed by atoms with Crippen molar-refractivity contribution in [2.45, 2.75) is 58.8 Å². The predicted octanol–water partition coefficient (Wildman–Crippen LogP) is 3.33. The van der Waals surface area contributed by atoms with Crippen molar-refractivity contribution in [3.63, 3.8) is 0 Å². The van der Waals surface area contributed by atoms with E-state index in [4.69, 9.17) is 47.5 Å². The van der Waals surface area contributed by atoms with E-state index in [0.717, 1.165) is 11.5 Å². The molecule has 0 saturated carbocycles. The summed E-state index contributed by atoms with van der Waals surface area (Å²) in [4.78, 5) is 29.7. The lowest BCUT2D eigenvalue weighted by Gasteiger charge is -2.30. The number of ether oxygens (including phenoxy) is 9. The number of carbonyl (C=O) groups is 2. The molecule has 2 rings (SSSR count). The number of benzene rings is 1. The maximum absolute atomic E-state index is 12.2. The number of amides is 2. The topological polar surface area (TPSA) is 130 Å². The maximum atomic E-state index is 12.2. The molecule has 0 spiro atoms. The van der Waals surface area contributed by atoms with Crippen molar-refractivity contribution in [3.05, 3.63) is 35.4 Å². The standard InChI is InChI=1S/C33H55NO12/c1-6-30(27(2)46-33(3,4)5)44-25-23-42-21-19-40-17-15-38-13-11-37-12-14-39-16-18-41-20-22-43-24-26-45-34-31(35)28-9-7-8-10-29(28)32(34)36/h7-10,27,30H,6,11-26H2,1-5H3/t27?,30-/m1/s1. The zero-order valence-corrected chi connectivity index (χ0v) is 28.3. The molecule has 0 saturated heterocycles. The Morgan fingerprint density at radius 1 is 0.587 bits per heavy atom. The summed E-state index contributed by atoms with van der Waals surface area (Å²) in [6.45, 7) is 17.2. The zero-order chi connectivity index (χ0) is 33.5. The fraction of sp³-hybridized carbons (Fsp3) is 0.758. The summed E-state index contributed by atoms with van der Waals surface area (Å²) in [5.41, 5.74) is 0.498. The first-order valence-corrected chi connectivity index (χ1v) is 16.2. The van der Waals surface area contributed by atoms with Gasteiger partial charge in [0, 0.05) is 0 Å². The molecule has 0 N–H and O–H groups in total. The molecule has 2 atom stereocenters. The minimum atomic E-state index is -0.460. The zero-order valence-electron chi connectivity index (χ0n) is 28.3. The van der Waals surface area contributed by atoms with Crippen LogP contribution in [0.4, 0.5) is 0 Å². The summed E-state index contributed by atoms with van der Waals surface area (Å²) in [6, 6.07) is 6.62. The van der Waals surface area contributed by atoms with Gasteiger partial charge in [-0.3, -0.25) is 14.4 Å². The van der Waals surface area contributed by atoms with Crippen LogP contribution in [0.2, 0.25) is 0 Å². The number of hydrogen-bond acceptors (Lipinski definition) is 12. The smallest absolute Gasteiger partial charge is 0.285 e. The summed E-state index contributed by atoms with van der Waals surface area (Å²) in [7, 11) is 0. The third-order valence-corrected chi connectivity index (χ3v) is 6.46. The molecule has 13 nitrogen and oxygen atoms in total. The summed E-state index contributed by atoms with van der Waals surface area (Å²) >= 11 is 0. The number of hydrogen-bond donors (Lipinski definition) is 0. The highest BCUT2D eigenvalue weighted by Crippen LogP contribution is 2.22. The highest BCUT2D eigenvalue weighted by Gasteiger charge is 2.36. The van der Waals surface area contributed by atoms with Crippen molar-refractivity contribution in [2.24, 2.45) is 0 Å². The van der Waals surface area contributed by atoms with E-state index < -0.39 is 11.8 Å². The average Bonchev–Trinajstić information content (AvgIpc) is 3.26. The van der Waals surface area contributed by atoms with Crippen molar-refractivity contribution < 1.29 is 57.1 Å². The maximum Gasteiger partial charge on any atom is 0.285 e. The molecule has 0 radical (unpaired) electrons.